The molecule has 0 bridgehead atoms. The number of hydrogen-bond donors (Lipinski definition) is 2. The summed E-state index contributed by atoms with van der Waals surface area (Å²) in [5.74, 6) is 0.447. The lowest BCUT2D eigenvalue weighted by molar-refractivity contribution is -0.137. The Hall–Kier alpha value is -1.82. The first kappa shape index (κ1) is 12.6. The van der Waals surface area contributed by atoms with Gasteiger partial charge in [-0.1, -0.05) is 0 Å². The van der Waals surface area contributed by atoms with E-state index in [9.17, 15) is 9.59 Å². The number of carbonyl (C=O) groups excluding carboxylic acids is 2. The molecule has 2 N–H and O–H groups in total. The van der Waals surface area contributed by atoms with Gasteiger partial charge in [0.15, 0.2) is 0 Å². The lowest BCUT2D eigenvalue weighted by atomic mass is 9.94. The summed E-state index contributed by atoms with van der Waals surface area (Å²) in [6, 6.07) is 3.22. The summed E-state index contributed by atoms with van der Waals surface area (Å²) in [5.41, 5.74) is 0. The van der Waals surface area contributed by atoms with Crippen LogP contribution in [0.2, 0.25) is 0 Å². The standard InChI is InChI=1S/C12H16N2O4/c1-17-7-10(15)14-11-9(13-12(11)16)5-4-8-3-2-6-18-8/h2-3,6,9,11H,4-5,7H2,1H3,(H,13,16)(H,14,15). The minimum Gasteiger partial charge on any atom is -0.469 e. The number of rotatable bonds is 6. The first-order valence-electron chi connectivity index (χ1n) is 5.82. The van der Waals surface area contributed by atoms with Gasteiger partial charge in [-0.2, -0.15) is 0 Å². The number of nitrogens with one attached hydrogen (secondary N) is 2. The molecule has 1 saturated heterocycles. The monoisotopic (exact) mass is 252 g/mol. The number of ether oxygens (including phenoxy) is 1. The Morgan fingerprint density at radius 3 is 3.06 bits per heavy atom. The van der Waals surface area contributed by atoms with Crippen LogP contribution in [-0.4, -0.2) is 37.6 Å². The van der Waals surface area contributed by atoms with Gasteiger partial charge in [0.05, 0.1) is 12.3 Å². The number of amides is 2. The molecule has 2 rings (SSSR count). The molecule has 0 radical (unpaired) electrons. The summed E-state index contributed by atoms with van der Waals surface area (Å²) in [5, 5.41) is 5.41. The van der Waals surface area contributed by atoms with Crippen molar-refractivity contribution in [3.8, 4) is 0 Å². The maximum absolute atomic E-state index is 11.4. The summed E-state index contributed by atoms with van der Waals surface area (Å²) >= 11 is 0. The van der Waals surface area contributed by atoms with Crippen LogP contribution in [0, 0.1) is 0 Å². The van der Waals surface area contributed by atoms with Crippen LogP contribution in [0.1, 0.15) is 12.2 Å². The van der Waals surface area contributed by atoms with E-state index in [4.69, 9.17) is 9.15 Å². The second-order valence-corrected chi connectivity index (χ2v) is 4.21. The maximum Gasteiger partial charge on any atom is 0.246 e. The highest BCUT2D eigenvalue weighted by atomic mass is 16.5. The van der Waals surface area contributed by atoms with Crippen LogP contribution in [0.25, 0.3) is 0 Å². The highest BCUT2D eigenvalue weighted by Gasteiger charge is 2.39. The minimum absolute atomic E-state index is 0.0331. The highest BCUT2D eigenvalue weighted by Crippen LogP contribution is 2.14. The third kappa shape index (κ3) is 2.89. The molecule has 1 aliphatic heterocycles. The van der Waals surface area contributed by atoms with Gasteiger partial charge in [-0.15, -0.1) is 0 Å². The predicted octanol–water partition coefficient (Wildman–Crippen LogP) is -0.158. The summed E-state index contributed by atoms with van der Waals surface area (Å²) in [6.07, 6.45) is 3.08. The van der Waals surface area contributed by atoms with Crippen molar-refractivity contribution in [2.24, 2.45) is 0 Å². The maximum atomic E-state index is 11.4. The molecule has 2 atom stereocenters. The normalized spacial score (nSPS) is 22.2. The highest BCUT2D eigenvalue weighted by molar-refractivity contribution is 5.93. The van der Waals surface area contributed by atoms with Crippen molar-refractivity contribution in [1.82, 2.24) is 10.6 Å². The molecule has 6 nitrogen and oxygen atoms in total. The molecule has 1 fully saturated rings. The van der Waals surface area contributed by atoms with E-state index in [1.165, 1.54) is 7.11 Å². The van der Waals surface area contributed by atoms with Crippen LogP contribution in [0.4, 0.5) is 0 Å². The van der Waals surface area contributed by atoms with Crippen LogP contribution >= 0.6 is 0 Å². The van der Waals surface area contributed by atoms with E-state index < -0.39 is 6.04 Å². The minimum atomic E-state index is -0.456. The van der Waals surface area contributed by atoms with Crippen molar-refractivity contribution in [3.63, 3.8) is 0 Å². The van der Waals surface area contributed by atoms with Gasteiger partial charge in [0.1, 0.15) is 18.4 Å². The summed E-state index contributed by atoms with van der Waals surface area (Å²) in [6.45, 7) is -0.0331. The van der Waals surface area contributed by atoms with E-state index in [0.29, 0.717) is 0 Å². The number of methoxy groups -OCH3 is 1. The third-order valence-corrected chi connectivity index (χ3v) is 2.89. The van der Waals surface area contributed by atoms with Crippen LogP contribution < -0.4 is 10.6 Å². The van der Waals surface area contributed by atoms with Crippen molar-refractivity contribution in [1.29, 1.82) is 0 Å². The van der Waals surface area contributed by atoms with E-state index in [1.54, 1.807) is 6.26 Å². The fraction of sp³-hybridized carbons (Fsp3) is 0.500. The van der Waals surface area contributed by atoms with Crippen molar-refractivity contribution in [2.75, 3.05) is 13.7 Å². The Balaban J connectivity index is 1.79. The fourth-order valence-electron chi connectivity index (χ4n) is 1.95. The smallest absolute Gasteiger partial charge is 0.246 e. The SMILES string of the molecule is COCC(=O)NC1C(=O)NC1CCc1ccco1. The molecule has 6 heteroatoms. The van der Waals surface area contributed by atoms with E-state index in [0.717, 1.165) is 18.6 Å². The van der Waals surface area contributed by atoms with Gasteiger partial charge in [-0.05, 0) is 18.6 Å². The second kappa shape index (κ2) is 5.68. The number of aryl methyl sites for hydroxylation is 1. The van der Waals surface area contributed by atoms with Crippen LogP contribution in [0.3, 0.4) is 0 Å². The van der Waals surface area contributed by atoms with Gasteiger partial charge in [0.25, 0.3) is 0 Å². The summed E-state index contributed by atoms with van der Waals surface area (Å²) in [4.78, 5) is 22.7. The van der Waals surface area contributed by atoms with Crippen LogP contribution in [0.15, 0.2) is 22.8 Å². The van der Waals surface area contributed by atoms with Crippen molar-refractivity contribution >= 4 is 11.8 Å². The van der Waals surface area contributed by atoms with Crippen molar-refractivity contribution in [3.05, 3.63) is 24.2 Å². The zero-order valence-corrected chi connectivity index (χ0v) is 10.1. The number of furan rings is 1. The summed E-state index contributed by atoms with van der Waals surface area (Å²) < 4.78 is 9.92. The molecule has 2 unspecified atom stereocenters. The van der Waals surface area contributed by atoms with E-state index in [-0.39, 0.29) is 24.5 Å². The third-order valence-electron chi connectivity index (χ3n) is 2.89. The molecule has 0 saturated carbocycles. The molecule has 1 aromatic rings. The number of carbonyl (C=O) groups is 2. The second-order valence-electron chi connectivity index (χ2n) is 4.21. The molecule has 0 aliphatic carbocycles. The van der Waals surface area contributed by atoms with Gasteiger partial charge in [0.2, 0.25) is 11.8 Å². The quantitative estimate of drug-likeness (QED) is 0.689. The van der Waals surface area contributed by atoms with Gasteiger partial charge in [-0.25, -0.2) is 0 Å². The predicted molar refractivity (Wildman–Crippen MR) is 62.8 cm³/mol. The molecular formula is C12H16N2O4. The van der Waals surface area contributed by atoms with Gasteiger partial charge < -0.3 is 19.8 Å². The van der Waals surface area contributed by atoms with Gasteiger partial charge in [0, 0.05) is 13.5 Å². The van der Waals surface area contributed by atoms with Gasteiger partial charge >= 0.3 is 0 Å². The summed E-state index contributed by atoms with van der Waals surface area (Å²) in [7, 11) is 1.44. The fourth-order valence-corrected chi connectivity index (χ4v) is 1.95. The first-order valence-corrected chi connectivity index (χ1v) is 5.82. The Morgan fingerprint density at radius 2 is 2.44 bits per heavy atom. The molecule has 0 spiro atoms. The average molecular weight is 252 g/mol. The lowest BCUT2D eigenvalue weighted by Gasteiger charge is -2.37. The first-order chi connectivity index (χ1) is 8.70. The molecule has 0 aromatic carbocycles. The zero-order valence-electron chi connectivity index (χ0n) is 10.1. The number of β-lactam (4-membered cyclic amide) rings is 1. The lowest BCUT2D eigenvalue weighted by Crippen LogP contribution is -2.69. The molecule has 1 aliphatic rings. The van der Waals surface area contributed by atoms with Gasteiger partial charge in [-0.3, -0.25) is 9.59 Å². The Kier molecular flexibility index (Phi) is 3.99. The Bertz CT molecular complexity index is 416. The number of hydrogen-bond acceptors (Lipinski definition) is 4. The molecule has 1 aromatic heterocycles. The molecule has 98 valence electrons. The topological polar surface area (TPSA) is 80.6 Å². The zero-order chi connectivity index (χ0) is 13.0. The van der Waals surface area contributed by atoms with Crippen LogP contribution in [-0.2, 0) is 20.7 Å². The Labute approximate surface area is 105 Å². The molecule has 2 heterocycles. The van der Waals surface area contributed by atoms with E-state index >= 15 is 0 Å². The van der Waals surface area contributed by atoms with Crippen molar-refractivity contribution < 1.29 is 18.7 Å². The van der Waals surface area contributed by atoms with E-state index in [2.05, 4.69) is 10.6 Å². The van der Waals surface area contributed by atoms with Crippen LogP contribution in [0.5, 0.6) is 0 Å². The molecule has 18 heavy (non-hydrogen) atoms. The molecule has 2 amide bonds. The average Bonchev–Trinajstić information content (AvgIpc) is 2.85. The van der Waals surface area contributed by atoms with E-state index in [1.807, 2.05) is 12.1 Å². The Morgan fingerprint density at radius 1 is 1.61 bits per heavy atom. The van der Waals surface area contributed by atoms with Crippen molar-refractivity contribution in [2.45, 2.75) is 24.9 Å². The largest absolute Gasteiger partial charge is 0.469 e. The molecular weight excluding hydrogens is 236 g/mol.